The summed E-state index contributed by atoms with van der Waals surface area (Å²) < 4.78 is 0. The summed E-state index contributed by atoms with van der Waals surface area (Å²) in [7, 11) is 0. The van der Waals surface area contributed by atoms with Crippen molar-refractivity contribution in [1.29, 1.82) is 0 Å². The Balaban J connectivity index is 1.79. The molecule has 0 bridgehead atoms. The van der Waals surface area contributed by atoms with E-state index in [1.165, 1.54) is 0 Å². The molecule has 1 unspecified atom stereocenters. The molecule has 0 amide bonds. The summed E-state index contributed by atoms with van der Waals surface area (Å²) >= 11 is 5.81. The number of benzene rings is 1. The molecule has 1 N–H and O–H groups in total. The van der Waals surface area contributed by atoms with Gasteiger partial charge < -0.3 is 10.0 Å². The molecule has 1 aromatic carbocycles. The molecule has 2 rings (SSSR count). The molecule has 0 spiro atoms. The molecule has 18 heavy (non-hydrogen) atoms. The summed E-state index contributed by atoms with van der Waals surface area (Å²) in [5, 5.41) is 10.7. The maximum Gasteiger partial charge on any atom is 0.135 e. The summed E-state index contributed by atoms with van der Waals surface area (Å²) in [6.07, 6.45) is 1.53. The fourth-order valence-electron chi connectivity index (χ4n) is 2.18. The van der Waals surface area contributed by atoms with Gasteiger partial charge in [0.25, 0.3) is 0 Å². The van der Waals surface area contributed by atoms with Crippen molar-refractivity contribution < 1.29 is 9.90 Å². The summed E-state index contributed by atoms with van der Waals surface area (Å²) in [6.45, 7) is 2.48. The number of hydrogen-bond donors (Lipinski definition) is 1. The lowest BCUT2D eigenvalue weighted by atomic mass is 10.1. The first-order chi connectivity index (χ1) is 8.65. The average molecular weight is 268 g/mol. The molecule has 98 valence electrons. The zero-order chi connectivity index (χ0) is 13.0. The molecule has 0 radical (unpaired) electrons. The van der Waals surface area contributed by atoms with E-state index < -0.39 is 6.10 Å². The predicted octanol–water partition coefficient (Wildman–Crippen LogP) is 2.43. The number of carbonyl (C=O) groups excluding carboxylic acids is 1. The quantitative estimate of drug-likeness (QED) is 0.911. The van der Waals surface area contributed by atoms with Crippen LogP contribution in [0.5, 0.6) is 0 Å². The minimum atomic E-state index is -0.458. The molecule has 1 aromatic rings. The third kappa shape index (κ3) is 3.80. The highest BCUT2D eigenvalue weighted by Gasteiger charge is 2.17. The minimum Gasteiger partial charge on any atom is -0.388 e. The second-order valence-electron chi connectivity index (χ2n) is 4.74. The second-order valence-corrected chi connectivity index (χ2v) is 5.17. The number of likely N-dealkylation sites (tertiary alicyclic amines) is 1. The van der Waals surface area contributed by atoms with Gasteiger partial charge in [0.1, 0.15) is 5.78 Å². The first-order valence-corrected chi connectivity index (χ1v) is 6.70. The molecular weight excluding hydrogens is 250 g/mol. The molecule has 4 heteroatoms. The van der Waals surface area contributed by atoms with E-state index in [2.05, 4.69) is 4.90 Å². The van der Waals surface area contributed by atoms with Crippen molar-refractivity contribution in [1.82, 2.24) is 4.90 Å². The molecule has 1 saturated heterocycles. The van der Waals surface area contributed by atoms with Crippen molar-refractivity contribution in [2.45, 2.75) is 25.4 Å². The van der Waals surface area contributed by atoms with E-state index >= 15 is 0 Å². The van der Waals surface area contributed by atoms with Crippen LogP contribution in [0.2, 0.25) is 5.02 Å². The SMILES string of the molecule is O=C1CCN(CCC(O)c2ccc(Cl)cc2)CC1. The lowest BCUT2D eigenvalue weighted by molar-refractivity contribution is -0.121. The highest BCUT2D eigenvalue weighted by Crippen LogP contribution is 2.20. The number of ketones is 1. The van der Waals surface area contributed by atoms with Gasteiger partial charge in [-0.2, -0.15) is 0 Å². The molecular formula is C14H18ClNO2. The summed E-state index contributed by atoms with van der Waals surface area (Å²) in [6, 6.07) is 7.29. The normalized spacial score (nSPS) is 18.9. The minimum absolute atomic E-state index is 0.351. The fourth-order valence-corrected chi connectivity index (χ4v) is 2.31. The van der Waals surface area contributed by atoms with Crippen molar-refractivity contribution >= 4 is 17.4 Å². The largest absolute Gasteiger partial charge is 0.388 e. The average Bonchev–Trinajstić information content (AvgIpc) is 2.38. The summed E-state index contributed by atoms with van der Waals surface area (Å²) in [5.41, 5.74) is 0.896. The molecule has 0 aliphatic carbocycles. The topological polar surface area (TPSA) is 40.5 Å². The number of piperidine rings is 1. The van der Waals surface area contributed by atoms with Crippen molar-refractivity contribution in [3.8, 4) is 0 Å². The van der Waals surface area contributed by atoms with Crippen LogP contribution >= 0.6 is 11.6 Å². The number of hydrogen-bond acceptors (Lipinski definition) is 3. The fraction of sp³-hybridized carbons (Fsp3) is 0.500. The number of rotatable bonds is 4. The molecule has 1 aliphatic heterocycles. The van der Waals surface area contributed by atoms with Crippen LogP contribution in [0.15, 0.2) is 24.3 Å². The zero-order valence-corrected chi connectivity index (χ0v) is 11.1. The predicted molar refractivity (Wildman–Crippen MR) is 71.7 cm³/mol. The number of Topliss-reactive ketones (excluding diaryl/α,β-unsaturated/α-hetero) is 1. The van der Waals surface area contributed by atoms with Gasteiger partial charge in [-0.1, -0.05) is 23.7 Å². The zero-order valence-electron chi connectivity index (χ0n) is 10.3. The Labute approximate surface area is 112 Å². The number of carbonyl (C=O) groups is 1. The third-order valence-electron chi connectivity index (χ3n) is 3.39. The van der Waals surface area contributed by atoms with Crippen LogP contribution in [0.4, 0.5) is 0 Å². The first-order valence-electron chi connectivity index (χ1n) is 6.33. The maximum absolute atomic E-state index is 11.1. The number of nitrogens with zero attached hydrogens (tertiary/aromatic N) is 1. The number of aliphatic hydroxyl groups is 1. The summed E-state index contributed by atoms with van der Waals surface area (Å²) in [4.78, 5) is 13.3. The van der Waals surface area contributed by atoms with Crippen LogP contribution in [0.25, 0.3) is 0 Å². The van der Waals surface area contributed by atoms with Gasteiger partial charge in [0.2, 0.25) is 0 Å². The van der Waals surface area contributed by atoms with Gasteiger partial charge in [0, 0.05) is 37.5 Å². The lowest BCUT2D eigenvalue weighted by Crippen LogP contribution is -2.35. The van der Waals surface area contributed by atoms with E-state index in [0.717, 1.165) is 25.2 Å². The Morgan fingerprint density at radius 1 is 1.22 bits per heavy atom. The van der Waals surface area contributed by atoms with Gasteiger partial charge in [0.05, 0.1) is 6.10 Å². The second kappa shape index (κ2) is 6.32. The first kappa shape index (κ1) is 13.5. The van der Waals surface area contributed by atoms with E-state index in [4.69, 9.17) is 11.6 Å². The highest BCUT2D eigenvalue weighted by molar-refractivity contribution is 6.30. The van der Waals surface area contributed by atoms with Gasteiger partial charge in [0.15, 0.2) is 0 Å². The van der Waals surface area contributed by atoms with Crippen LogP contribution in [0.1, 0.15) is 30.9 Å². The van der Waals surface area contributed by atoms with Crippen molar-refractivity contribution in [2.75, 3.05) is 19.6 Å². The van der Waals surface area contributed by atoms with Crippen LogP contribution in [0.3, 0.4) is 0 Å². The maximum atomic E-state index is 11.1. The van der Waals surface area contributed by atoms with E-state index in [-0.39, 0.29) is 0 Å². The van der Waals surface area contributed by atoms with E-state index in [9.17, 15) is 9.90 Å². The smallest absolute Gasteiger partial charge is 0.135 e. The molecule has 1 atom stereocenters. The van der Waals surface area contributed by atoms with Gasteiger partial charge in [-0.3, -0.25) is 4.79 Å². The van der Waals surface area contributed by atoms with E-state index in [1.54, 1.807) is 12.1 Å². The van der Waals surface area contributed by atoms with Crippen molar-refractivity contribution in [3.63, 3.8) is 0 Å². The molecule has 1 fully saturated rings. The van der Waals surface area contributed by atoms with Crippen molar-refractivity contribution in [2.24, 2.45) is 0 Å². The van der Waals surface area contributed by atoms with Gasteiger partial charge in [-0.05, 0) is 24.1 Å². The highest BCUT2D eigenvalue weighted by atomic mass is 35.5. The third-order valence-corrected chi connectivity index (χ3v) is 3.64. The van der Waals surface area contributed by atoms with Gasteiger partial charge >= 0.3 is 0 Å². The van der Waals surface area contributed by atoms with Gasteiger partial charge in [-0.25, -0.2) is 0 Å². The summed E-state index contributed by atoms with van der Waals surface area (Å²) in [5.74, 6) is 0.351. The Morgan fingerprint density at radius 3 is 2.44 bits per heavy atom. The monoisotopic (exact) mass is 267 g/mol. The molecule has 1 heterocycles. The van der Waals surface area contributed by atoms with Crippen LogP contribution < -0.4 is 0 Å². The van der Waals surface area contributed by atoms with Crippen molar-refractivity contribution in [3.05, 3.63) is 34.9 Å². The Morgan fingerprint density at radius 2 is 1.83 bits per heavy atom. The Kier molecular flexibility index (Phi) is 4.75. The molecule has 0 aromatic heterocycles. The van der Waals surface area contributed by atoms with Crippen LogP contribution in [-0.2, 0) is 4.79 Å². The standard InChI is InChI=1S/C14H18ClNO2/c15-12-3-1-11(2-4-12)14(18)7-10-16-8-5-13(17)6-9-16/h1-4,14,18H,5-10H2. The lowest BCUT2D eigenvalue weighted by Gasteiger charge is -2.26. The Bertz CT molecular complexity index is 395. The number of halogens is 1. The molecule has 3 nitrogen and oxygen atoms in total. The number of aliphatic hydroxyl groups excluding tert-OH is 1. The van der Waals surface area contributed by atoms with Crippen LogP contribution in [0, 0.1) is 0 Å². The van der Waals surface area contributed by atoms with Gasteiger partial charge in [-0.15, -0.1) is 0 Å². The molecule has 0 saturated carbocycles. The van der Waals surface area contributed by atoms with E-state index in [0.29, 0.717) is 30.1 Å². The molecule has 1 aliphatic rings. The van der Waals surface area contributed by atoms with E-state index in [1.807, 2.05) is 12.1 Å². The van der Waals surface area contributed by atoms with Crippen LogP contribution in [-0.4, -0.2) is 35.4 Å². The Hall–Kier alpha value is -0.900.